The summed E-state index contributed by atoms with van der Waals surface area (Å²) in [5.41, 5.74) is 2.30. The predicted molar refractivity (Wildman–Crippen MR) is 118 cm³/mol. The molecule has 1 N–H and O–H groups in total. The molecule has 9 heteroatoms. The molecule has 3 aromatic rings. The lowest BCUT2D eigenvalue weighted by molar-refractivity contribution is 0.0906. The van der Waals surface area contributed by atoms with E-state index in [4.69, 9.17) is 16.1 Å². The average Bonchev–Trinajstić information content (AvgIpc) is 3.38. The molecule has 1 aliphatic rings. The van der Waals surface area contributed by atoms with Crippen LogP contribution in [0.4, 0.5) is 0 Å². The van der Waals surface area contributed by atoms with Gasteiger partial charge in [-0.05, 0) is 69.5 Å². The normalized spacial score (nSPS) is 17.1. The number of benzene rings is 1. The van der Waals surface area contributed by atoms with Gasteiger partial charge in [0.15, 0.2) is 0 Å². The molecule has 1 fully saturated rings. The van der Waals surface area contributed by atoms with Crippen LogP contribution in [0.5, 0.6) is 0 Å². The number of hydrogen-bond acceptors (Lipinski definition) is 6. The van der Waals surface area contributed by atoms with Crippen LogP contribution in [0, 0.1) is 12.8 Å². The van der Waals surface area contributed by atoms with E-state index in [0.717, 1.165) is 43.4 Å². The Kier molecular flexibility index (Phi) is 6.67. The fourth-order valence-corrected chi connectivity index (χ4v) is 4.03. The maximum Gasteiger partial charge on any atom is 0.316 e. The zero-order chi connectivity index (χ0) is 21.8. The lowest BCUT2D eigenvalue weighted by atomic mass is 10.0. The van der Waals surface area contributed by atoms with Crippen molar-refractivity contribution in [1.29, 1.82) is 0 Å². The summed E-state index contributed by atoms with van der Waals surface area (Å²) in [6.07, 6.45) is 5.27. The van der Waals surface area contributed by atoms with Gasteiger partial charge in [0.2, 0.25) is 5.82 Å². The van der Waals surface area contributed by atoms with Gasteiger partial charge >= 0.3 is 11.8 Å². The van der Waals surface area contributed by atoms with E-state index in [9.17, 15) is 4.79 Å². The molecule has 8 nitrogen and oxygen atoms in total. The van der Waals surface area contributed by atoms with Crippen LogP contribution in [0.25, 0.3) is 17.1 Å². The van der Waals surface area contributed by atoms with E-state index in [2.05, 4.69) is 32.4 Å². The molecule has 1 aromatic carbocycles. The van der Waals surface area contributed by atoms with E-state index >= 15 is 0 Å². The Morgan fingerprint density at radius 2 is 2.13 bits per heavy atom. The topological polar surface area (TPSA) is 89.1 Å². The predicted octanol–water partition coefficient (Wildman–Crippen LogP) is 3.74. The minimum Gasteiger partial charge on any atom is -0.348 e. The quantitative estimate of drug-likeness (QED) is 0.561. The van der Waals surface area contributed by atoms with Gasteiger partial charge in [0.25, 0.3) is 0 Å². The first-order valence-corrected chi connectivity index (χ1v) is 11.0. The number of aryl methyl sites for hydroxylation is 1. The molecule has 1 saturated heterocycles. The first kappa shape index (κ1) is 21.5. The van der Waals surface area contributed by atoms with Crippen molar-refractivity contribution in [2.24, 2.45) is 5.92 Å². The van der Waals surface area contributed by atoms with Gasteiger partial charge in [0.1, 0.15) is 0 Å². The van der Waals surface area contributed by atoms with Gasteiger partial charge in [0, 0.05) is 24.3 Å². The molecular formula is C22H27ClN6O2. The third kappa shape index (κ3) is 5.32. The summed E-state index contributed by atoms with van der Waals surface area (Å²) in [5.74, 6) is 0.701. The Morgan fingerprint density at radius 1 is 1.32 bits per heavy atom. The highest BCUT2D eigenvalue weighted by atomic mass is 35.5. The van der Waals surface area contributed by atoms with Crippen molar-refractivity contribution in [1.82, 2.24) is 30.1 Å². The lowest BCUT2D eigenvalue weighted by Crippen LogP contribution is -2.36. The summed E-state index contributed by atoms with van der Waals surface area (Å²) < 4.78 is 6.91. The molecule has 2 aromatic heterocycles. The molecule has 1 amide bonds. The highest BCUT2D eigenvalue weighted by Crippen LogP contribution is 2.22. The fourth-order valence-electron chi connectivity index (χ4n) is 3.90. The Balaban J connectivity index is 1.33. The Labute approximate surface area is 186 Å². The van der Waals surface area contributed by atoms with Crippen LogP contribution in [0.15, 0.2) is 35.0 Å². The number of amides is 1. The van der Waals surface area contributed by atoms with Crippen LogP contribution in [-0.4, -0.2) is 56.9 Å². The highest BCUT2D eigenvalue weighted by Gasteiger charge is 2.20. The largest absolute Gasteiger partial charge is 0.348 e. The third-order valence-corrected chi connectivity index (χ3v) is 5.78. The molecule has 0 bridgehead atoms. The molecule has 1 aliphatic heterocycles. The third-order valence-electron chi connectivity index (χ3n) is 5.53. The van der Waals surface area contributed by atoms with Gasteiger partial charge in [-0.3, -0.25) is 4.79 Å². The van der Waals surface area contributed by atoms with E-state index in [1.165, 1.54) is 12.8 Å². The maximum atomic E-state index is 12.4. The van der Waals surface area contributed by atoms with Crippen LogP contribution < -0.4 is 5.32 Å². The van der Waals surface area contributed by atoms with Crippen molar-refractivity contribution >= 4 is 17.5 Å². The number of rotatable bonds is 7. The SMILES string of the molecule is Cc1nn(-c2ccc(Cl)cc2)cc1-c1noc(C(=O)NCCCN2CCCC(C)C2)n1. The number of halogens is 1. The summed E-state index contributed by atoms with van der Waals surface area (Å²) in [4.78, 5) is 19.1. The molecule has 1 unspecified atom stereocenters. The number of carbonyl (C=O) groups excluding carboxylic acids is 1. The lowest BCUT2D eigenvalue weighted by Gasteiger charge is -2.30. The van der Waals surface area contributed by atoms with Crippen LogP contribution in [0.1, 0.15) is 42.6 Å². The summed E-state index contributed by atoms with van der Waals surface area (Å²) in [6.45, 7) is 8.01. The minimum absolute atomic E-state index is 0.0414. The molecule has 0 saturated carbocycles. The second-order valence-corrected chi connectivity index (χ2v) is 8.57. The number of carbonyl (C=O) groups is 1. The van der Waals surface area contributed by atoms with Gasteiger partial charge in [0.05, 0.1) is 16.9 Å². The molecule has 3 heterocycles. The highest BCUT2D eigenvalue weighted by molar-refractivity contribution is 6.30. The Bertz CT molecular complexity index is 1030. The summed E-state index contributed by atoms with van der Waals surface area (Å²) in [7, 11) is 0. The standard InChI is InChI=1S/C22H27ClN6O2/c1-15-5-3-11-28(13-15)12-4-10-24-21(30)22-25-20(27-31-22)19-14-29(26-16(19)2)18-8-6-17(23)7-9-18/h6-9,14-15H,3-5,10-13H2,1-2H3,(H,24,30). The second kappa shape index (κ2) is 9.62. The van der Waals surface area contributed by atoms with Crippen LogP contribution in [-0.2, 0) is 0 Å². The van der Waals surface area contributed by atoms with Gasteiger partial charge in [-0.1, -0.05) is 23.7 Å². The first-order chi connectivity index (χ1) is 15.0. The molecule has 0 radical (unpaired) electrons. The van der Waals surface area contributed by atoms with Crippen LogP contribution >= 0.6 is 11.6 Å². The van der Waals surface area contributed by atoms with E-state index in [0.29, 0.717) is 23.0 Å². The summed E-state index contributed by atoms with van der Waals surface area (Å²) >= 11 is 5.95. The average molecular weight is 443 g/mol. The molecule has 4 rings (SSSR count). The Morgan fingerprint density at radius 3 is 2.90 bits per heavy atom. The number of aromatic nitrogens is 4. The van der Waals surface area contributed by atoms with Crippen molar-refractivity contribution in [2.75, 3.05) is 26.2 Å². The van der Waals surface area contributed by atoms with Crippen molar-refractivity contribution in [3.05, 3.63) is 47.1 Å². The maximum absolute atomic E-state index is 12.4. The number of hydrogen-bond donors (Lipinski definition) is 1. The smallest absolute Gasteiger partial charge is 0.316 e. The minimum atomic E-state index is -0.353. The number of likely N-dealkylation sites (tertiary alicyclic amines) is 1. The number of nitrogens with zero attached hydrogens (tertiary/aromatic N) is 5. The molecule has 0 spiro atoms. The van der Waals surface area contributed by atoms with Gasteiger partial charge in [-0.15, -0.1) is 0 Å². The van der Waals surface area contributed by atoms with E-state index < -0.39 is 0 Å². The zero-order valence-electron chi connectivity index (χ0n) is 17.8. The zero-order valence-corrected chi connectivity index (χ0v) is 18.6. The first-order valence-electron chi connectivity index (χ1n) is 10.7. The van der Waals surface area contributed by atoms with Crippen LogP contribution in [0.2, 0.25) is 5.02 Å². The number of piperidine rings is 1. The summed E-state index contributed by atoms with van der Waals surface area (Å²) in [6, 6.07) is 7.35. The van der Waals surface area contributed by atoms with Crippen molar-refractivity contribution in [2.45, 2.75) is 33.1 Å². The monoisotopic (exact) mass is 442 g/mol. The van der Waals surface area contributed by atoms with Crippen molar-refractivity contribution < 1.29 is 9.32 Å². The van der Waals surface area contributed by atoms with Crippen molar-refractivity contribution in [3.8, 4) is 17.1 Å². The molecule has 31 heavy (non-hydrogen) atoms. The number of nitrogens with one attached hydrogen (secondary N) is 1. The van der Waals surface area contributed by atoms with E-state index in [1.54, 1.807) is 16.8 Å². The second-order valence-electron chi connectivity index (χ2n) is 8.13. The molecule has 1 atom stereocenters. The molecule has 0 aliphatic carbocycles. The van der Waals surface area contributed by atoms with E-state index in [-0.39, 0.29) is 11.8 Å². The van der Waals surface area contributed by atoms with Gasteiger partial charge in [-0.2, -0.15) is 10.1 Å². The Hall–Kier alpha value is -2.71. The molecular weight excluding hydrogens is 416 g/mol. The summed E-state index contributed by atoms with van der Waals surface area (Å²) in [5, 5.41) is 12.0. The van der Waals surface area contributed by atoms with Gasteiger partial charge in [-0.25, -0.2) is 4.68 Å². The van der Waals surface area contributed by atoms with Crippen molar-refractivity contribution in [3.63, 3.8) is 0 Å². The fraction of sp³-hybridized carbons (Fsp3) is 0.455. The van der Waals surface area contributed by atoms with Gasteiger partial charge < -0.3 is 14.7 Å². The van der Waals surface area contributed by atoms with E-state index in [1.807, 2.05) is 25.3 Å². The molecule has 164 valence electrons. The van der Waals surface area contributed by atoms with Crippen LogP contribution in [0.3, 0.4) is 0 Å².